The predicted octanol–water partition coefficient (Wildman–Crippen LogP) is 14.5. The molecule has 0 nitrogen and oxygen atoms in total. The Morgan fingerprint density at radius 1 is 0.449 bits per heavy atom. The molecule has 0 saturated carbocycles. The van der Waals surface area contributed by atoms with E-state index in [0.29, 0.717) is 33.2 Å². The molecule has 2 aromatic rings. The molecule has 0 aliphatic carbocycles. The molecule has 0 bridgehead atoms. The highest BCUT2D eigenvalue weighted by Gasteiger charge is 2.42. The van der Waals surface area contributed by atoms with Crippen LogP contribution in [0.1, 0.15) is 172 Å². The minimum absolute atomic E-state index is 0.0171. The van der Waals surface area contributed by atoms with Crippen molar-refractivity contribution in [2.75, 3.05) is 0 Å². The number of hydrogen-bond donors (Lipinski definition) is 0. The molecule has 0 heterocycles. The number of rotatable bonds is 8. The molecule has 2 aromatic carbocycles. The van der Waals surface area contributed by atoms with Crippen LogP contribution in [0, 0.1) is 22.9 Å². The molecular weight excluding hydrogens is 621 g/mol. The van der Waals surface area contributed by atoms with Gasteiger partial charge in [-0.3, -0.25) is 0 Å². The Bertz CT molecular complexity index is 1480. The molecule has 0 atom stereocenters. The summed E-state index contributed by atoms with van der Waals surface area (Å²) >= 11 is 0. The summed E-state index contributed by atoms with van der Waals surface area (Å²) in [5, 5.41) is 0. The van der Waals surface area contributed by atoms with Gasteiger partial charge < -0.3 is 0 Å². The first kappa shape index (κ1) is 42.7. The van der Waals surface area contributed by atoms with Gasteiger partial charge in [0.1, 0.15) is 16.1 Å². The Labute approximate surface area is 307 Å². The van der Waals surface area contributed by atoms with Gasteiger partial charge in [-0.15, -0.1) is 16.8 Å². The van der Waals surface area contributed by atoms with Gasteiger partial charge in [-0.2, -0.15) is 0 Å². The van der Waals surface area contributed by atoms with E-state index in [9.17, 15) is 0 Å². The summed E-state index contributed by atoms with van der Waals surface area (Å²) in [5.41, 5.74) is 25.0. The summed E-state index contributed by atoms with van der Waals surface area (Å²) in [7, 11) is -3.70. The molecule has 0 aromatic heterocycles. The summed E-state index contributed by atoms with van der Waals surface area (Å²) in [6.07, 6.45) is 0. The van der Waals surface area contributed by atoms with Gasteiger partial charge in [-0.1, -0.05) is 149 Å². The molecule has 2 rings (SSSR count). The molecule has 268 valence electrons. The van der Waals surface area contributed by atoms with Crippen LogP contribution in [-0.2, 0) is 10.8 Å². The van der Waals surface area contributed by atoms with Crippen molar-refractivity contribution in [2.45, 2.75) is 183 Å². The third kappa shape index (κ3) is 9.85. The second kappa shape index (κ2) is 16.2. The second-order valence-corrected chi connectivity index (χ2v) is 29.9. The highest BCUT2D eigenvalue weighted by molar-refractivity contribution is 6.91. The first-order valence-electron chi connectivity index (χ1n) is 19.1. The Morgan fingerprint density at radius 2 is 0.714 bits per heavy atom. The minimum Gasteiger partial charge on any atom is -0.125 e. The molecule has 0 spiro atoms. The van der Waals surface area contributed by atoms with Crippen molar-refractivity contribution in [3.05, 3.63) is 75.5 Å². The van der Waals surface area contributed by atoms with E-state index in [-0.39, 0.29) is 10.8 Å². The molecule has 0 N–H and O–H groups in total. The zero-order valence-electron chi connectivity index (χ0n) is 35.4. The normalized spacial score (nSPS) is 12.8. The van der Waals surface area contributed by atoms with Crippen LogP contribution in [0.25, 0.3) is 11.1 Å². The van der Waals surface area contributed by atoms with Gasteiger partial charge in [0.15, 0.2) is 0 Å². The minimum atomic E-state index is -1.85. The summed E-state index contributed by atoms with van der Waals surface area (Å²) in [6, 6.07) is 14.0. The lowest BCUT2D eigenvalue weighted by atomic mass is 9.84. The van der Waals surface area contributed by atoms with Crippen molar-refractivity contribution in [1.29, 1.82) is 0 Å². The lowest BCUT2D eigenvalue weighted by Crippen LogP contribution is -2.43. The highest BCUT2D eigenvalue weighted by Crippen LogP contribution is 2.42. The molecule has 0 unspecified atom stereocenters. The van der Waals surface area contributed by atoms with Crippen molar-refractivity contribution in [2.24, 2.45) is 0 Å². The first-order chi connectivity index (χ1) is 22.3. The fourth-order valence-corrected chi connectivity index (χ4v) is 18.8. The highest BCUT2D eigenvalue weighted by atomic mass is 28.3. The van der Waals surface area contributed by atoms with E-state index in [0.717, 1.165) is 22.3 Å². The van der Waals surface area contributed by atoms with Crippen LogP contribution >= 0.6 is 0 Å². The zero-order valence-corrected chi connectivity index (χ0v) is 37.4. The van der Waals surface area contributed by atoms with E-state index in [4.69, 9.17) is 0 Å². The molecule has 0 amide bonds. The third-order valence-corrected chi connectivity index (χ3v) is 24.0. The van der Waals surface area contributed by atoms with Crippen LogP contribution in [0.15, 0.2) is 42.1 Å². The van der Waals surface area contributed by atoms with E-state index in [2.05, 4.69) is 204 Å². The topological polar surface area (TPSA) is 0 Å². The molecular formula is C47H72Si2. The molecule has 0 radical (unpaired) electrons. The molecule has 0 aliphatic heterocycles. The van der Waals surface area contributed by atoms with Gasteiger partial charge in [-0.25, -0.2) is 0 Å². The molecule has 2 heteroatoms. The van der Waals surface area contributed by atoms with E-state index in [1.54, 1.807) is 0 Å². The van der Waals surface area contributed by atoms with Crippen LogP contribution in [0.4, 0.5) is 0 Å². The first-order valence-corrected chi connectivity index (χ1v) is 23.6. The average Bonchev–Trinajstić information content (AvgIpc) is 2.95. The van der Waals surface area contributed by atoms with Crippen molar-refractivity contribution in [3.63, 3.8) is 0 Å². The van der Waals surface area contributed by atoms with Crippen molar-refractivity contribution < 1.29 is 0 Å². The van der Waals surface area contributed by atoms with E-state index >= 15 is 0 Å². The molecule has 49 heavy (non-hydrogen) atoms. The van der Waals surface area contributed by atoms with Gasteiger partial charge in [-0.05, 0) is 116 Å². The number of hydrogen-bond acceptors (Lipinski definition) is 0. The maximum Gasteiger partial charge on any atom is 0.146 e. The Morgan fingerprint density at radius 3 is 0.939 bits per heavy atom. The monoisotopic (exact) mass is 693 g/mol. The number of benzene rings is 2. The smallest absolute Gasteiger partial charge is 0.125 e. The Kier molecular flexibility index (Phi) is 14.1. The van der Waals surface area contributed by atoms with Gasteiger partial charge in [0.25, 0.3) is 0 Å². The maximum absolute atomic E-state index is 3.97. The van der Waals surface area contributed by atoms with Crippen LogP contribution in [0.2, 0.25) is 33.2 Å². The van der Waals surface area contributed by atoms with E-state index < -0.39 is 16.1 Å². The fourth-order valence-electron chi connectivity index (χ4n) is 8.35. The molecule has 0 saturated heterocycles. The van der Waals surface area contributed by atoms with Crippen molar-refractivity contribution in [3.8, 4) is 22.9 Å². The lowest BCUT2D eigenvalue weighted by molar-refractivity contribution is 0.589. The van der Waals surface area contributed by atoms with Gasteiger partial charge >= 0.3 is 0 Å². The van der Waals surface area contributed by atoms with Crippen molar-refractivity contribution in [1.82, 2.24) is 0 Å². The summed E-state index contributed by atoms with van der Waals surface area (Å²) < 4.78 is 0. The Balaban J connectivity index is 2.88. The van der Waals surface area contributed by atoms with Gasteiger partial charge in [0, 0.05) is 11.1 Å². The lowest BCUT2D eigenvalue weighted by Gasteiger charge is -2.38. The van der Waals surface area contributed by atoms with Crippen molar-refractivity contribution >= 4 is 27.3 Å². The quantitative estimate of drug-likeness (QED) is 0.147. The second-order valence-electron chi connectivity index (χ2n) is 18.8. The molecule has 0 aliphatic rings. The SMILES string of the molecule is CC(=C=C(C)c1cc(C#C[Si](C(C)C)(C(C)C)C(C)C)cc(C(C)(C)C)c1)c1cc(C#C[Si](C(C)C)(C(C)C)C(C)C)cc(C(C)(C)C)c1. The van der Waals surface area contributed by atoms with Crippen LogP contribution in [-0.4, -0.2) is 16.1 Å². The standard InChI is InChI=1S/C47H72Si2/c1-32(2)48(33(3)4,34(5)6)23-21-40-26-42(30-44(28-40)46(15,16)17)38(13)25-39(14)43-27-41(29-45(31-43)47(18,19)20)22-24-49(35(7)8,36(9)10)37(11)12/h26-37H,1-20H3. The third-order valence-electron chi connectivity index (χ3n) is 11.4. The van der Waals surface area contributed by atoms with Gasteiger partial charge in [0.2, 0.25) is 0 Å². The van der Waals surface area contributed by atoms with E-state index in [1.807, 2.05) is 0 Å². The predicted molar refractivity (Wildman–Crippen MR) is 228 cm³/mol. The molecule has 0 fully saturated rings. The van der Waals surface area contributed by atoms with Crippen LogP contribution < -0.4 is 0 Å². The van der Waals surface area contributed by atoms with E-state index in [1.165, 1.54) is 22.3 Å². The average molecular weight is 693 g/mol. The Hall–Kier alpha value is -2.49. The summed E-state index contributed by atoms with van der Waals surface area (Å²) in [6.45, 7) is 46.9. The fraction of sp³-hybridized carbons (Fsp3) is 0.596. The van der Waals surface area contributed by atoms with Gasteiger partial charge in [0.05, 0.1) is 0 Å². The summed E-state index contributed by atoms with van der Waals surface area (Å²) in [5.74, 6) is 7.51. The zero-order chi connectivity index (χ0) is 37.9. The number of allylic oxidation sites excluding steroid dienone is 1. The maximum atomic E-state index is 3.97. The summed E-state index contributed by atoms with van der Waals surface area (Å²) in [4.78, 5) is 0. The largest absolute Gasteiger partial charge is 0.146 e. The van der Waals surface area contributed by atoms with Crippen LogP contribution in [0.5, 0.6) is 0 Å². The van der Waals surface area contributed by atoms with Crippen LogP contribution in [0.3, 0.4) is 0 Å².